The van der Waals surface area contributed by atoms with E-state index in [-0.39, 0.29) is 5.78 Å². The van der Waals surface area contributed by atoms with Crippen molar-refractivity contribution in [1.82, 2.24) is 4.57 Å². The second-order valence-electron chi connectivity index (χ2n) is 4.67. The molecule has 0 aliphatic carbocycles. The maximum absolute atomic E-state index is 12.4. The molecule has 0 atom stereocenters. The molecule has 0 bridgehead atoms. The van der Waals surface area contributed by atoms with Gasteiger partial charge in [0.15, 0.2) is 5.78 Å². The van der Waals surface area contributed by atoms with Gasteiger partial charge in [0.05, 0.1) is 10.8 Å². The SMILES string of the molecule is CCn1c(C)cc(C(=O)CSc2ccccc2Cl)c1C. The fraction of sp³-hybridized carbons (Fsp3) is 0.312. The summed E-state index contributed by atoms with van der Waals surface area (Å²) in [7, 11) is 0. The van der Waals surface area contributed by atoms with Crippen molar-refractivity contribution in [1.29, 1.82) is 0 Å². The number of Topliss-reactive ketones (excluding diaryl/α,β-unsaturated/α-hetero) is 1. The number of rotatable bonds is 5. The summed E-state index contributed by atoms with van der Waals surface area (Å²) in [5.41, 5.74) is 3.01. The van der Waals surface area contributed by atoms with Gasteiger partial charge in [-0.25, -0.2) is 0 Å². The van der Waals surface area contributed by atoms with Crippen molar-refractivity contribution in [3.8, 4) is 0 Å². The van der Waals surface area contributed by atoms with Gasteiger partial charge in [0.25, 0.3) is 0 Å². The van der Waals surface area contributed by atoms with E-state index in [1.807, 2.05) is 44.2 Å². The molecule has 0 fully saturated rings. The Morgan fingerprint density at radius 3 is 2.60 bits per heavy atom. The van der Waals surface area contributed by atoms with Crippen molar-refractivity contribution in [3.05, 3.63) is 52.3 Å². The van der Waals surface area contributed by atoms with E-state index in [2.05, 4.69) is 11.5 Å². The topological polar surface area (TPSA) is 22.0 Å². The highest BCUT2D eigenvalue weighted by Gasteiger charge is 2.15. The molecule has 0 N–H and O–H groups in total. The highest BCUT2D eigenvalue weighted by Crippen LogP contribution is 2.27. The van der Waals surface area contributed by atoms with Gasteiger partial charge in [0.1, 0.15) is 0 Å². The summed E-state index contributed by atoms with van der Waals surface area (Å²) in [6.07, 6.45) is 0. The molecule has 2 aromatic rings. The van der Waals surface area contributed by atoms with Crippen LogP contribution < -0.4 is 0 Å². The maximum atomic E-state index is 12.4. The minimum absolute atomic E-state index is 0.155. The number of thioether (sulfide) groups is 1. The fourth-order valence-corrected chi connectivity index (χ4v) is 3.48. The summed E-state index contributed by atoms with van der Waals surface area (Å²) in [5, 5.41) is 0.698. The number of hydrogen-bond donors (Lipinski definition) is 0. The molecule has 1 aromatic carbocycles. The van der Waals surface area contributed by atoms with Crippen LogP contribution in [0.2, 0.25) is 5.02 Å². The van der Waals surface area contributed by atoms with Crippen LogP contribution in [0.5, 0.6) is 0 Å². The number of aromatic nitrogens is 1. The number of halogens is 1. The van der Waals surface area contributed by atoms with Crippen LogP contribution in [0.4, 0.5) is 0 Å². The Labute approximate surface area is 129 Å². The van der Waals surface area contributed by atoms with Crippen molar-refractivity contribution in [2.75, 3.05) is 5.75 Å². The van der Waals surface area contributed by atoms with E-state index in [0.29, 0.717) is 10.8 Å². The number of nitrogens with zero attached hydrogens (tertiary/aromatic N) is 1. The third kappa shape index (κ3) is 3.10. The molecule has 4 heteroatoms. The Morgan fingerprint density at radius 2 is 2.00 bits per heavy atom. The first-order valence-electron chi connectivity index (χ1n) is 6.61. The van der Waals surface area contributed by atoms with Gasteiger partial charge >= 0.3 is 0 Å². The number of ketones is 1. The van der Waals surface area contributed by atoms with Crippen molar-refractivity contribution in [2.45, 2.75) is 32.2 Å². The van der Waals surface area contributed by atoms with Crippen molar-refractivity contribution in [3.63, 3.8) is 0 Å². The van der Waals surface area contributed by atoms with Gasteiger partial charge in [-0.3, -0.25) is 4.79 Å². The van der Waals surface area contributed by atoms with Crippen molar-refractivity contribution in [2.24, 2.45) is 0 Å². The zero-order chi connectivity index (χ0) is 14.7. The molecule has 0 amide bonds. The van der Waals surface area contributed by atoms with E-state index in [9.17, 15) is 4.79 Å². The second kappa shape index (κ2) is 6.51. The maximum Gasteiger partial charge on any atom is 0.174 e. The monoisotopic (exact) mass is 307 g/mol. The molecule has 0 unspecified atom stereocenters. The first-order chi connectivity index (χ1) is 9.54. The van der Waals surface area contributed by atoms with Crippen LogP contribution in [-0.2, 0) is 6.54 Å². The first kappa shape index (κ1) is 15.2. The molecule has 1 heterocycles. The van der Waals surface area contributed by atoms with Gasteiger partial charge < -0.3 is 4.57 Å². The summed E-state index contributed by atoms with van der Waals surface area (Å²) in [6.45, 7) is 7.02. The molecular formula is C16H18ClNOS. The molecule has 20 heavy (non-hydrogen) atoms. The predicted octanol–water partition coefficient (Wildman–Crippen LogP) is 4.75. The van der Waals surface area contributed by atoms with Gasteiger partial charge in [-0.2, -0.15) is 0 Å². The van der Waals surface area contributed by atoms with Crippen molar-refractivity contribution < 1.29 is 4.79 Å². The lowest BCUT2D eigenvalue weighted by Gasteiger charge is -2.06. The number of aryl methyl sites for hydroxylation is 1. The normalized spacial score (nSPS) is 10.8. The molecule has 0 aliphatic rings. The van der Waals surface area contributed by atoms with Gasteiger partial charge in [-0.15, -0.1) is 11.8 Å². The number of carbonyl (C=O) groups is 1. The number of hydrogen-bond acceptors (Lipinski definition) is 2. The molecule has 2 nitrogen and oxygen atoms in total. The molecule has 106 valence electrons. The minimum Gasteiger partial charge on any atom is -0.349 e. The molecule has 0 spiro atoms. The molecule has 0 saturated carbocycles. The van der Waals surface area contributed by atoms with Gasteiger partial charge in [-0.05, 0) is 39.0 Å². The van der Waals surface area contributed by atoms with Crippen LogP contribution in [0, 0.1) is 13.8 Å². The quantitative estimate of drug-likeness (QED) is 0.587. The zero-order valence-corrected chi connectivity index (χ0v) is 13.5. The largest absolute Gasteiger partial charge is 0.349 e. The van der Waals surface area contributed by atoms with Crippen LogP contribution in [0.25, 0.3) is 0 Å². The van der Waals surface area contributed by atoms with Crippen LogP contribution in [-0.4, -0.2) is 16.1 Å². The van der Waals surface area contributed by atoms with E-state index in [4.69, 9.17) is 11.6 Å². The third-order valence-corrected chi connectivity index (χ3v) is 4.90. The van der Waals surface area contributed by atoms with E-state index in [1.54, 1.807) is 0 Å². The average Bonchev–Trinajstić information content (AvgIpc) is 2.72. The lowest BCUT2D eigenvalue weighted by Crippen LogP contribution is -2.05. The Bertz CT molecular complexity index is 633. The van der Waals surface area contributed by atoms with E-state index < -0.39 is 0 Å². The summed E-state index contributed by atoms with van der Waals surface area (Å²) in [5.74, 6) is 0.570. The molecular weight excluding hydrogens is 290 g/mol. The van der Waals surface area contributed by atoms with Crippen LogP contribution in [0.1, 0.15) is 28.7 Å². The predicted molar refractivity (Wildman–Crippen MR) is 86.1 cm³/mol. The smallest absolute Gasteiger partial charge is 0.174 e. The van der Waals surface area contributed by atoms with Gasteiger partial charge in [0, 0.05) is 28.4 Å². The minimum atomic E-state index is 0.155. The Morgan fingerprint density at radius 1 is 1.30 bits per heavy atom. The number of carbonyl (C=O) groups excluding carboxylic acids is 1. The molecule has 0 aliphatic heterocycles. The van der Waals surface area contributed by atoms with Crippen LogP contribution >= 0.6 is 23.4 Å². The lowest BCUT2D eigenvalue weighted by molar-refractivity contribution is 0.102. The highest BCUT2D eigenvalue weighted by molar-refractivity contribution is 8.00. The Kier molecular flexibility index (Phi) is 4.95. The van der Waals surface area contributed by atoms with E-state index in [0.717, 1.165) is 28.4 Å². The summed E-state index contributed by atoms with van der Waals surface area (Å²) < 4.78 is 2.16. The molecule has 0 radical (unpaired) electrons. The van der Waals surface area contributed by atoms with Crippen molar-refractivity contribution >= 4 is 29.1 Å². The third-order valence-electron chi connectivity index (χ3n) is 3.39. The van der Waals surface area contributed by atoms with E-state index in [1.165, 1.54) is 11.8 Å². The van der Waals surface area contributed by atoms with Crippen LogP contribution in [0.15, 0.2) is 35.2 Å². The van der Waals surface area contributed by atoms with Gasteiger partial charge in [-0.1, -0.05) is 23.7 Å². The first-order valence-corrected chi connectivity index (χ1v) is 7.98. The van der Waals surface area contributed by atoms with Crippen LogP contribution in [0.3, 0.4) is 0 Å². The highest BCUT2D eigenvalue weighted by atomic mass is 35.5. The molecule has 1 aromatic heterocycles. The summed E-state index contributed by atoms with van der Waals surface area (Å²) in [4.78, 5) is 13.3. The lowest BCUT2D eigenvalue weighted by atomic mass is 10.2. The summed E-state index contributed by atoms with van der Waals surface area (Å²) >= 11 is 7.59. The van der Waals surface area contributed by atoms with Gasteiger partial charge in [0.2, 0.25) is 0 Å². The Hall–Kier alpha value is -1.19. The zero-order valence-electron chi connectivity index (χ0n) is 11.9. The number of benzene rings is 1. The fourth-order valence-electron chi connectivity index (χ4n) is 2.35. The molecule has 2 rings (SSSR count). The standard InChI is InChI=1S/C16H18ClNOS/c1-4-18-11(2)9-13(12(18)3)15(19)10-20-16-8-6-5-7-14(16)17/h5-9H,4,10H2,1-3H3. The Balaban J connectivity index is 2.12. The average molecular weight is 308 g/mol. The summed E-state index contributed by atoms with van der Waals surface area (Å²) in [6, 6.07) is 9.59. The molecule has 0 saturated heterocycles. The second-order valence-corrected chi connectivity index (χ2v) is 6.10. The van der Waals surface area contributed by atoms with E-state index >= 15 is 0 Å².